The van der Waals surface area contributed by atoms with E-state index in [9.17, 15) is 9.59 Å². The number of methoxy groups -OCH3 is 1. The van der Waals surface area contributed by atoms with Gasteiger partial charge in [0.1, 0.15) is 11.3 Å². The van der Waals surface area contributed by atoms with Crippen LogP contribution in [0.25, 0.3) is 11.0 Å². The van der Waals surface area contributed by atoms with E-state index in [1.165, 1.54) is 7.11 Å². The largest absolute Gasteiger partial charge is 0.495 e. The number of carbonyl (C=O) groups is 1. The summed E-state index contributed by atoms with van der Waals surface area (Å²) in [6.07, 6.45) is 4.42. The van der Waals surface area contributed by atoms with Gasteiger partial charge in [-0.2, -0.15) is 0 Å². The summed E-state index contributed by atoms with van der Waals surface area (Å²) in [5, 5.41) is 10.2. The van der Waals surface area contributed by atoms with Gasteiger partial charge in [-0.25, -0.2) is 4.79 Å². The number of amides is 1. The number of halogens is 1. The molecule has 6 nitrogen and oxygen atoms in total. The lowest BCUT2D eigenvalue weighted by atomic mass is 9.92. The van der Waals surface area contributed by atoms with Gasteiger partial charge in [0.15, 0.2) is 0 Å². The predicted octanol–water partition coefficient (Wildman–Crippen LogP) is 3.71. The van der Waals surface area contributed by atoms with Crippen LogP contribution in [0.3, 0.4) is 0 Å². The van der Waals surface area contributed by atoms with Gasteiger partial charge in [0.2, 0.25) is 5.91 Å². The van der Waals surface area contributed by atoms with Crippen LogP contribution in [0.4, 0.5) is 0 Å². The number of hydrogen-bond donors (Lipinski definition) is 1. The molecule has 1 amide bonds. The van der Waals surface area contributed by atoms with Gasteiger partial charge in [0.05, 0.1) is 12.1 Å². The Kier molecular flexibility index (Phi) is 7.19. The third-order valence-corrected chi connectivity index (χ3v) is 6.18. The minimum absolute atomic E-state index is 0.0669. The lowest BCUT2D eigenvalue weighted by molar-refractivity contribution is -0.132. The zero-order valence-electron chi connectivity index (χ0n) is 17.0. The van der Waals surface area contributed by atoms with E-state index in [4.69, 9.17) is 25.9 Å². The minimum Gasteiger partial charge on any atom is -0.495 e. The smallest absolute Gasteiger partial charge is 0.339 e. The molecule has 2 aromatic rings. The van der Waals surface area contributed by atoms with Crippen molar-refractivity contribution in [3.05, 3.63) is 38.7 Å². The van der Waals surface area contributed by atoms with Crippen molar-refractivity contribution in [3.63, 3.8) is 0 Å². The van der Waals surface area contributed by atoms with Gasteiger partial charge in [0, 0.05) is 43.1 Å². The number of fused-ring (bicyclic) bond motifs is 1. The summed E-state index contributed by atoms with van der Waals surface area (Å²) in [5.74, 6) is 1.10. The molecule has 158 valence electrons. The molecule has 7 heteroatoms. The molecule has 3 rings (SSSR count). The number of ether oxygens (including phenoxy) is 1. The SMILES string of the molecule is COc1cc2oc(=O)c(CCC(=O)N3CCC(CCCO)CC3)c(C)c2cc1Cl. The van der Waals surface area contributed by atoms with E-state index in [0.717, 1.165) is 49.7 Å². The zero-order valence-corrected chi connectivity index (χ0v) is 17.8. The number of aliphatic hydroxyl groups excluding tert-OH is 1. The third-order valence-electron chi connectivity index (χ3n) is 5.89. The summed E-state index contributed by atoms with van der Waals surface area (Å²) in [7, 11) is 1.51. The average molecular weight is 422 g/mol. The van der Waals surface area contributed by atoms with E-state index >= 15 is 0 Å². The van der Waals surface area contributed by atoms with E-state index in [1.54, 1.807) is 12.1 Å². The maximum Gasteiger partial charge on any atom is 0.339 e. The summed E-state index contributed by atoms with van der Waals surface area (Å²) in [5.41, 5.74) is 1.31. The molecule has 0 unspecified atom stereocenters. The zero-order chi connectivity index (χ0) is 21.0. The molecule has 1 aliphatic heterocycles. The summed E-state index contributed by atoms with van der Waals surface area (Å²) in [6.45, 7) is 3.57. The maximum absolute atomic E-state index is 12.6. The molecule has 1 saturated heterocycles. The van der Waals surface area contributed by atoms with Gasteiger partial charge in [-0.15, -0.1) is 0 Å². The van der Waals surface area contributed by atoms with Crippen LogP contribution in [0.15, 0.2) is 21.3 Å². The molecular weight excluding hydrogens is 394 g/mol. The Balaban J connectivity index is 1.68. The second-order valence-electron chi connectivity index (χ2n) is 7.67. The summed E-state index contributed by atoms with van der Waals surface area (Å²) < 4.78 is 10.6. The Morgan fingerprint density at radius 2 is 2.07 bits per heavy atom. The fourth-order valence-electron chi connectivity index (χ4n) is 4.08. The average Bonchev–Trinajstić information content (AvgIpc) is 2.72. The number of nitrogens with zero attached hydrogens (tertiary/aromatic N) is 1. The Morgan fingerprint density at radius 3 is 2.72 bits per heavy atom. The minimum atomic E-state index is -0.421. The number of hydrogen-bond acceptors (Lipinski definition) is 5. The number of likely N-dealkylation sites (tertiary alicyclic amines) is 1. The molecule has 29 heavy (non-hydrogen) atoms. The molecule has 0 aliphatic carbocycles. The maximum atomic E-state index is 12.6. The standard InChI is InChI=1S/C22H28ClNO5/c1-14-16(22(27)29-19-13-20(28-2)18(23)12-17(14)19)5-6-21(26)24-9-7-15(8-10-24)4-3-11-25/h12-13,15,25H,3-11H2,1-2H3. The predicted molar refractivity (Wildman–Crippen MR) is 113 cm³/mol. The quantitative estimate of drug-likeness (QED) is 0.689. The highest BCUT2D eigenvalue weighted by molar-refractivity contribution is 6.32. The van der Waals surface area contributed by atoms with E-state index in [2.05, 4.69) is 0 Å². The van der Waals surface area contributed by atoms with Crippen molar-refractivity contribution < 1.29 is 19.1 Å². The Morgan fingerprint density at radius 1 is 1.34 bits per heavy atom. The van der Waals surface area contributed by atoms with E-state index in [1.807, 2.05) is 11.8 Å². The van der Waals surface area contributed by atoms with Crippen molar-refractivity contribution in [1.29, 1.82) is 0 Å². The molecule has 1 N–H and O–H groups in total. The molecule has 0 radical (unpaired) electrons. The number of aliphatic hydroxyl groups is 1. The molecule has 1 fully saturated rings. The van der Waals surface area contributed by atoms with Gasteiger partial charge >= 0.3 is 5.63 Å². The highest BCUT2D eigenvalue weighted by Gasteiger charge is 2.23. The Hall–Kier alpha value is -2.05. The van der Waals surface area contributed by atoms with Crippen molar-refractivity contribution in [1.82, 2.24) is 4.90 Å². The van der Waals surface area contributed by atoms with Gasteiger partial charge < -0.3 is 19.2 Å². The van der Waals surface area contributed by atoms with Crippen LogP contribution >= 0.6 is 11.6 Å². The lowest BCUT2D eigenvalue weighted by Crippen LogP contribution is -2.38. The van der Waals surface area contributed by atoms with Crippen molar-refractivity contribution >= 4 is 28.5 Å². The normalized spacial score (nSPS) is 15.1. The van der Waals surface area contributed by atoms with Gasteiger partial charge in [-0.05, 0) is 56.6 Å². The molecular formula is C22H28ClNO5. The summed E-state index contributed by atoms with van der Waals surface area (Å²) in [6, 6.07) is 3.35. The summed E-state index contributed by atoms with van der Waals surface area (Å²) in [4.78, 5) is 27.0. The van der Waals surface area contributed by atoms with Crippen molar-refractivity contribution in [2.45, 2.75) is 45.4 Å². The number of aryl methyl sites for hydroxylation is 1. The van der Waals surface area contributed by atoms with E-state index < -0.39 is 5.63 Å². The molecule has 1 aromatic heterocycles. The van der Waals surface area contributed by atoms with E-state index in [0.29, 0.717) is 34.3 Å². The van der Waals surface area contributed by atoms with Gasteiger partial charge in [0.25, 0.3) is 0 Å². The fourth-order valence-corrected chi connectivity index (χ4v) is 4.32. The molecule has 0 atom stereocenters. The van der Waals surface area contributed by atoms with Crippen LogP contribution in [-0.4, -0.2) is 42.7 Å². The lowest BCUT2D eigenvalue weighted by Gasteiger charge is -2.32. The molecule has 1 aromatic carbocycles. The molecule has 1 aliphatic rings. The van der Waals surface area contributed by atoms with Crippen LogP contribution in [0, 0.1) is 12.8 Å². The third kappa shape index (κ3) is 4.93. The van der Waals surface area contributed by atoms with Crippen molar-refractivity contribution in [3.8, 4) is 5.75 Å². The first-order valence-electron chi connectivity index (χ1n) is 10.1. The first-order chi connectivity index (χ1) is 13.9. The monoisotopic (exact) mass is 421 g/mol. The number of piperidine rings is 1. The second-order valence-corrected chi connectivity index (χ2v) is 8.07. The van der Waals surface area contributed by atoms with Crippen LogP contribution < -0.4 is 10.4 Å². The van der Waals surface area contributed by atoms with Crippen LogP contribution in [0.2, 0.25) is 5.02 Å². The first kappa shape index (κ1) is 21.7. The van der Waals surface area contributed by atoms with Crippen LogP contribution in [0.1, 0.15) is 43.2 Å². The fraction of sp³-hybridized carbons (Fsp3) is 0.545. The van der Waals surface area contributed by atoms with Crippen molar-refractivity contribution in [2.24, 2.45) is 5.92 Å². The highest BCUT2D eigenvalue weighted by Crippen LogP contribution is 2.32. The van der Waals surface area contributed by atoms with Gasteiger partial charge in [-0.1, -0.05) is 11.6 Å². The van der Waals surface area contributed by atoms with Crippen LogP contribution in [0.5, 0.6) is 5.75 Å². The number of carbonyl (C=O) groups excluding carboxylic acids is 1. The highest BCUT2D eigenvalue weighted by atomic mass is 35.5. The first-order valence-corrected chi connectivity index (χ1v) is 10.5. The Bertz CT molecular complexity index is 931. The summed E-state index contributed by atoms with van der Waals surface area (Å²) >= 11 is 6.22. The second kappa shape index (κ2) is 9.63. The Labute approximate surface area is 175 Å². The molecule has 0 spiro atoms. The van der Waals surface area contributed by atoms with E-state index in [-0.39, 0.29) is 18.9 Å². The molecule has 0 bridgehead atoms. The molecule has 0 saturated carbocycles. The van der Waals surface area contributed by atoms with Crippen LogP contribution in [-0.2, 0) is 11.2 Å². The number of rotatable bonds is 7. The number of benzene rings is 1. The topological polar surface area (TPSA) is 80.0 Å². The van der Waals surface area contributed by atoms with Gasteiger partial charge in [-0.3, -0.25) is 4.79 Å². The van der Waals surface area contributed by atoms with Crippen molar-refractivity contribution in [2.75, 3.05) is 26.8 Å². The molecule has 2 heterocycles.